The Morgan fingerprint density at radius 3 is 2.30 bits per heavy atom. The lowest BCUT2D eigenvalue weighted by molar-refractivity contribution is -0.149. The third kappa shape index (κ3) is 4.38. The summed E-state index contributed by atoms with van der Waals surface area (Å²) >= 11 is 0. The predicted molar refractivity (Wildman–Crippen MR) is 70.6 cm³/mol. The number of alkyl halides is 3. The Bertz CT molecular complexity index is 454. The molecule has 1 fully saturated rings. The van der Waals surface area contributed by atoms with Crippen LogP contribution in [0.15, 0.2) is 18.2 Å². The SMILES string of the molecule is Cc1ccc(O)c(CN2CCN(CC(F)(F)F)CC2)c1. The summed E-state index contributed by atoms with van der Waals surface area (Å²) in [5.41, 5.74) is 1.89. The van der Waals surface area contributed by atoms with Gasteiger partial charge < -0.3 is 5.11 Å². The van der Waals surface area contributed by atoms with Crippen LogP contribution in [0, 0.1) is 6.92 Å². The highest BCUT2D eigenvalue weighted by molar-refractivity contribution is 5.35. The van der Waals surface area contributed by atoms with E-state index >= 15 is 0 Å². The van der Waals surface area contributed by atoms with Crippen molar-refractivity contribution in [1.29, 1.82) is 0 Å². The largest absolute Gasteiger partial charge is 0.508 e. The molecule has 1 aromatic carbocycles. The molecule has 1 saturated heterocycles. The molecule has 1 aliphatic heterocycles. The molecule has 0 saturated carbocycles. The lowest BCUT2D eigenvalue weighted by Gasteiger charge is -2.35. The predicted octanol–water partition coefficient (Wildman–Crippen LogP) is 2.38. The van der Waals surface area contributed by atoms with E-state index < -0.39 is 12.7 Å². The molecule has 0 atom stereocenters. The van der Waals surface area contributed by atoms with E-state index in [1.807, 2.05) is 19.1 Å². The second-order valence-electron chi connectivity index (χ2n) is 5.30. The van der Waals surface area contributed by atoms with E-state index in [1.54, 1.807) is 6.07 Å². The lowest BCUT2D eigenvalue weighted by atomic mass is 10.1. The average molecular weight is 288 g/mol. The zero-order valence-corrected chi connectivity index (χ0v) is 11.5. The summed E-state index contributed by atoms with van der Waals surface area (Å²) in [6.45, 7) is 3.68. The number of aryl methyl sites for hydroxylation is 1. The van der Waals surface area contributed by atoms with Gasteiger partial charge in [0, 0.05) is 38.3 Å². The number of aromatic hydroxyl groups is 1. The molecule has 6 heteroatoms. The number of phenolic OH excluding ortho intramolecular Hbond substituents is 1. The first-order valence-electron chi connectivity index (χ1n) is 6.63. The number of hydrogen-bond acceptors (Lipinski definition) is 3. The second-order valence-corrected chi connectivity index (χ2v) is 5.30. The number of halogens is 3. The number of nitrogens with zero attached hydrogens (tertiary/aromatic N) is 2. The molecule has 0 aromatic heterocycles. The van der Waals surface area contributed by atoms with Crippen molar-refractivity contribution in [1.82, 2.24) is 9.80 Å². The molecule has 112 valence electrons. The molecular weight excluding hydrogens is 269 g/mol. The van der Waals surface area contributed by atoms with Gasteiger partial charge in [-0.2, -0.15) is 13.2 Å². The van der Waals surface area contributed by atoms with Gasteiger partial charge in [0.2, 0.25) is 0 Å². The van der Waals surface area contributed by atoms with E-state index in [9.17, 15) is 18.3 Å². The topological polar surface area (TPSA) is 26.7 Å². The zero-order valence-electron chi connectivity index (χ0n) is 11.5. The minimum Gasteiger partial charge on any atom is -0.508 e. The maximum absolute atomic E-state index is 12.3. The molecule has 1 heterocycles. The third-order valence-corrected chi connectivity index (χ3v) is 3.50. The molecule has 0 unspecified atom stereocenters. The fourth-order valence-electron chi connectivity index (χ4n) is 2.44. The summed E-state index contributed by atoms with van der Waals surface area (Å²) in [6, 6.07) is 5.40. The molecule has 0 bridgehead atoms. The van der Waals surface area contributed by atoms with Crippen LogP contribution in [-0.2, 0) is 6.54 Å². The van der Waals surface area contributed by atoms with E-state index in [-0.39, 0.29) is 5.75 Å². The molecule has 1 aliphatic rings. The van der Waals surface area contributed by atoms with Gasteiger partial charge >= 0.3 is 6.18 Å². The summed E-state index contributed by atoms with van der Waals surface area (Å²) in [4.78, 5) is 3.49. The van der Waals surface area contributed by atoms with Crippen LogP contribution in [-0.4, -0.2) is 53.8 Å². The fourth-order valence-corrected chi connectivity index (χ4v) is 2.44. The minimum atomic E-state index is -4.13. The van der Waals surface area contributed by atoms with Gasteiger partial charge in [-0.25, -0.2) is 0 Å². The van der Waals surface area contributed by atoms with Crippen LogP contribution in [0.2, 0.25) is 0 Å². The Balaban J connectivity index is 1.87. The van der Waals surface area contributed by atoms with Crippen LogP contribution in [0.4, 0.5) is 13.2 Å². The maximum atomic E-state index is 12.3. The van der Waals surface area contributed by atoms with Crippen LogP contribution in [0.3, 0.4) is 0 Å². The van der Waals surface area contributed by atoms with Crippen LogP contribution >= 0.6 is 0 Å². The molecule has 0 radical (unpaired) electrons. The Hall–Kier alpha value is -1.27. The van der Waals surface area contributed by atoms with E-state index in [0.717, 1.165) is 11.1 Å². The maximum Gasteiger partial charge on any atom is 0.401 e. The monoisotopic (exact) mass is 288 g/mol. The highest BCUT2D eigenvalue weighted by atomic mass is 19.4. The smallest absolute Gasteiger partial charge is 0.401 e. The first-order chi connectivity index (χ1) is 9.33. The molecule has 0 aliphatic carbocycles. The van der Waals surface area contributed by atoms with Crippen molar-refractivity contribution >= 4 is 0 Å². The Morgan fingerprint density at radius 2 is 1.70 bits per heavy atom. The van der Waals surface area contributed by atoms with Crippen molar-refractivity contribution in [3.05, 3.63) is 29.3 Å². The number of piperazine rings is 1. The van der Waals surface area contributed by atoms with Gasteiger partial charge in [-0.05, 0) is 13.0 Å². The Morgan fingerprint density at radius 1 is 1.10 bits per heavy atom. The summed E-state index contributed by atoms with van der Waals surface area (Å²) < 4.78 is 36.9. The first-order valence-corrected chi connectivity index (χ1v) is 6.63. The van der Waals surface area contributed by atoms with E-state index in [0.29, 0.717) is 32.7 Å². The van der Waals surface area contributed by atoms with Gasteiger partial charge in [0.1, 0.15) is 5.75 Å². The highest BCUT2D eigenvalue weighted by Crippen LogP contribution is 2.22. The summed E-state index contributed by atoms with van der Waals surface area (Å²) in [5, 5.41) is 9.78. The van der Waals surface area contributed by atoms with Crippen LogP contribution < -0.4 is 0 Å². The highest BCUT2D eigenvalue weighted by Gasteiger charge is 2.32. The molecule has 20 heavy (non-hydrogen) atoms. The van der Waals surface area contributed by atoms with Crippen molar-refractivity contribution < 1.29 is 18.3 Å². The van der Waals surface area contributed by atoms with Crippen molar-refractivity contribution in [3.63, 3.8) is 0 Å². The normalized spacial score (nSPS) is 18.4. The molecule has 2 rings (SSSR count). The van der Waals surface area contributed by atoms with Gasteiger partial charge in [-0.3, -0.25) is 9.80 Å². The van der Waals surface area contributed by atoms with Crippen LogP contribution in [0.25, 0.3) is 0 Å². The van der Waals surface area contributed by atoms with Crippen molar-refractivity contribution in [2.24, 2.45) is 0 Å². The van der Waals surface area contributed by atoms with Crippen LogP contribution in [0.5, 0.6) is 5.75 Å². The van der Waals surface area contributed by atoms with E-state index in [4.69, 9.17) is 0 Å². The van der Waals surface area contributed by atoms with Gasteiger partial charge in [0.15, 0.2) is 0 Å². The zero-order chi connectivity index (χ0) is 14.8. The van der Waals surface area contributed by atoms with Crippen molar-refractivity contribution in [2.75, 3.05) is 32.7 Å². The minimum absolute atomic E-state index is 0.244. The third-order valence-electron chi connectivity index (χ3n) is 3.50. The molecule has 0 spiro atoms. The van der Waals surface area contributed by atoms with Gasteiger partial charge in [0.05, 0.1) is 6.54 Å². The average Bonchev–Trinajstić information content (AvgIpc) is 2.34. The first kappa shape index (κ1) is 15.1. The summed E-state index contributed by atoms with van der Waals surface area (Å²) in [7, 11) is 0. The quantitative estimate of drug-likeness (QED) is 0.925. The van der Waals surface area contributed by atoms with Crippen LogP contribution in [0.1, 0.15) is 11.1 Å². The van der Waals surface area contributed by atoms with E-state index in [2.05, 4.69) is 4.90 Å². The van der Waals surface area contributed by atoms with Gasteiger partial charge in [-0.15, -0.1) is 0 Å². The molecule has 1 aromatic rings. The fraction of sp³-hybridized carbons (Fsp3) is 0.571. The molecule has 3 nitrogen and oxygen atoms in total. The second kappa shape index (κ2) is 6.01. The van der Waals surface area contributed by atoms with Crippen molar-refractivity contribution in [2.45, 2.75) is 19.6 Å². The van der Waals surface area contributed by atoms with Gasteiger partial charge in [0.25, 0.3) is 0 Å². The summed E-state index contributed by atoms with van der Waals surface area (Å²) in [6.07, 6.45) is -4.13. The summed E-state index contributed by atoms with van der Waals surface area (Å²) in [5.74, 6) is 0.244. The molecular formula is C14H19F3N2O. The van der Waals surface area contributed by atoms with Crippen molar-refractivity contribution in [3.8, 4) is 5.75 Å². The van der Waals surface area contributed by atoms with E-state index in [1.165, 1.54) is 4.90 Å². The Labute approximate surface area is 116 Å². The molecule has 1 N–H and O–H groups in total. The number of rotatable bonds is 3. The lowest BCUT2D eigenvalue weighted by Crippen LogP contribution is -2.48. The number of benzene rings is 1. The van der Waals surface area contributed by atoms with Gasteiger partial charge in [-0.1, -0.05) is 17.7 Å². The standard InChI is InChI=1S/C14H19F3N2O/c1-11-2-3-13(20)12(8-11)9-18-4-6-19(7-5-18)10-14(15,16)17/h2-3,8,20H,4-7,9-10H2,1H3. The number of phenols is 1. The molecule has 0 amide bonds. The Kier molecular flexibility index (Phi) is 4.55. The number of hydrogen-bond donors (Lipinski definition) is 1.